The van der Waals surface area contributed by atoms with Crippen LogP contribution in [0.2, 0.25) is 5.02 Å². The first-order valence-electron chi connectivity index (χ1n) is 11.3. The Hall–Kier alpha value is -2.43. The lowest BCUT2D eigenvalue weighted by Crippen LogP contribution is -2.56. The molecule has 2 aromatic rings. The second kappa shape index (κ2) is 12.0. The molecule has 0 amide bonds. The van der Waals surface area contributed by atoms with Gasteiger partial charge in [0.25, 0.3) is 0 Å². The number of pyridine rings is 1. The van der Waals surface area contributed by atoms with Gasteiger partial charge in [-0.1, -0.05) is 23.7 Å². The van der Waals surface area contributed by atoms with Crippen LogP contribution in [0.15, 0.2) is 42.6 Å². The summed E-state index contributed by atoms with van der Waals surface area (Å²) in [6, 6.07) is 12.3. The highest BCUT2D eigenvalue weighted by molar-refractivity contribution is 6.30. The van der Waals surface area contributed by atoms with Crippen LogP contribution in [0, 0.1) is 5.82 Å². The lowest BCUT2D eigenvalue weighted by molar-refractivity contribution is -0.192. The Morgan fingerprint density at radius 1 is 1.17 bits per heavy atom. The zero-order valence-corrected chi connectivity index (χ0v) is 20.0. The molecule has 0 bridgehead atoms. The summed E-state index contributed by atoms with van der Waals surface area (Å²) in [6.45, 7) is 5.79. The van der Waals surface area contributed by atoms with Gasteiger partial charge in [0.15, 0.2) is 0 Å². The molecule has 2 atom stereocenters. The molecule has 0 aliphatic carbocycles. The fourth-order valence-corrected chi connectivity index (χ4v) is 4.49. The Morgan fingerprint density at radius 3 is 2.34 bits per heavy atom. The summed E-state index contributed by atoms with van der Waals surface area (Å²) in [5, 5.41) is 7.90. The lowest BCUT2D eigenvalue weighted by Gasteiger charge is -2.46. The maximum atomic E-state index is 13.1. The highest BCUT2D eigenvalue weighted by atomic mass is 35.5. The summed E-state index contributed by atoms with van der Waals surface area (Å²) in [5.74, 6) is -2.17. The summed E-state index contributed by atoms with van der Waals surface area (Å²) >= 11 is 6.03. The quantitative estimate of drug-likeness (QED) is 0.587. The molecule has 2 saturated heterocycles. The number of carbonyl (C=O) groups is 1. The number of rotatable bonds is 4. The van der Waals surface area contributed by atoms with Gasteiger partial charge in [0.2, 0.25) is 0 Å². The van der Waals surface area contributed by atoms with Crippen molar-refractivity contribution in [2.24, 2.45) is 0 Å². The summed E-state index contributed by atoms with van der Waals surface area (Å²) in [4.78, 5) is 18.0. The summed E-state index contributed by atoms with van der Waals surface area (Å²) in [7, 11) is 0. The van der Waals surface area contributed by atoms with Crippen LogP contribution >= 0.6 is 11.6 Å². The zero-order valence-electron chi connectivity index (χ0n) is 19.2. The number of aliphatic carboxylic acids is 1. The van der Waals surface area contributed by atoms with E-state index < -0.39 is 12.1 Å². The molecule has 0 unspecified atom stereocenters. The Kier molecular flexibility index (Phi) is 9.32. The largest absolute Gasteiger partial charge is 0.490 e. The minimum atomic E-state index is -5.08. The number of alkyl halides is 3. The van der Waals surface area contributed by atoms with E-state index in [2.05, 4.69) is 33.8 Å². The molecule has 0 saturated carbocycles. The number of carboxylic acid groups (broad SMARTS) is 1. The van der Waals surface area contributed by atoms with E-state index >= 15 is 0 Å². The Bertz CT molecular complexity index is 952. The fourth-order valence-electron chi connectivity index (χ4n) is 4.37. The molecular weight excluding hydrogens is 490 g/mol. The molecule has 11 heteroatoms. The van der Waals surface area contributed by atoms with E-state index in [0.29, 0.717) is 12.1 Å². The number of carboxylic acids is 1. The van der Waals surface area contributed by atoms with Crippen molar-refractivity contribution in [1.29, 1.82) is 0 Å². The molecule has 192 valence electrons. The molecule has 2 aliphatic heterocycles. The number of aromatic nitrogens is 1. The van der Waals surface area contributed by atoms with Crippen molar-refractivity contribution in [3.8, 4) is 0 Å². The van der Waals surface area contributed by atoms with Crippen LogP contribution in [-0.4, -0.2) is 71.6 Å². The van der Waals surface area contributed by atoms with Crippen LogP contribution in [0.25, 0.3) is 0 Å². The van der Waals surface area contributed by atoms with Crippen LogP contribution in [0.3, 0.4) is 0 Å². The van der Waals surface area contributed by atoms with Crippen molar-refractivity contribution in [2.45, 2.75) is 50.6 Å². The molecule has 35 heavy (non-hydrogen) atoms. The number of anilines is 1. The molecule has 0 radical (unpaired) electrons. The van der Waals surface area contributed by atoms with Crippen molar-refractivity contribution in [1.82, 2.24) is 9.88 Å². The van der Waals surface area contributed by atoms with E-state index in [1.165, 1.54) is 17.8 Å². The van der Waals surface area contributed by atoms with E-state index in [9.17, 15) is 17.6 Å². The first-order chi connectivity index (χ1) is 16.5. The lowest BCUT2D eigenvalue weighted by atomic mass is 9.96. The maximum absolute atomic E-state index is 13.1. The van der Waals surface area contributed by atoms with Crippen molar-refractivity contribution in [2.75, 3.05) is 31.1 Å². The molecule has 2 aliphatic rings. The van der Waals surface area contributed by atoms with Gasteiger partial charge in [-0.25, -0.2) is 14.2 Å². The predicted molar refractivity (Wildman–Crippen MR) is 124 cm³/mol. The SMILES string of the molecule is C[C@H]1CN(C2CCN(c3ccc(F)cn3)CC2)[C@@H](Cc2ccc(Cl)cc2)CO1.O=C(O)C(F)(F)F. The Labute approximate surface area is 206 Å². The predicted octanol–water partition coefficient (Wildman–Crippen LogP) is 4.81. The number of morpholine rings is 1. The minimum Gasteiger partial charge on any atom is -0.475 e. The van der Waals surface area contributed by atoms with Crippen LogP contribution in [-0.2, 0) is 16.0 Å². The summed E-state index contributed by atoms with van der Waals surface area (Å²) < 4.78 is 50.9. The Morgan fingerprint density at radius 2 is 1.80 bits per heavy atom. The average Bonchev–Trinajstić information content (AvgIpc) is 2.82. The zero-order chi connectivity index (χ0) is 25.6. The van der Waals surface area contributed by atoms with E-state index in [1.54, 1.807) is 6.07 Å². The Balaban J connectivity index is 0.000000429. The van der Waals surface area contributed by atoms with Crippen LogP contribution < -0.4 is 4.90 Å². The average molecular weight is 518 g/mol. The molecule has 2 fully saturated rings. The molecule has 6 nitrogen and oxygen atoms in total. The van der Waals surface area contributed by atoms with Crippen molar-refractivity contribution >= 4 is 23.4 Å². The molecule has 4 rings (SSSR count). The minimum absolute atomic E-state index is 0.262. The first kappa shape index (κ1) is 27.2. The third-order valence-corrected chi connectivity index (χ3v) is 6.36. The van der Waals surface area contributed by atoms with Crippen molar-refractivity contribution in [3.05, 3.63) is 59.0 Å². The second-order valence-electron chi connectivity index (χ2n) is 8.68. The third kappa shape index (κ3) is 8.05. The van der Waals surface area contributed by atoms with Crippen molar-refractivity contribution < 1.29 is 32.2 Å². The van der Waals surface area contributed by atoms with Gasteiger partial charge in [0, 0.05) is 36.7 Å². The summed E-state index contributed by atoms with van der Waals surface area (Å²) in [5.41, 5.74) is 1.30. The van der Waals surface area contributed by atoms with Crippen LogP contribution in [0.5, 0.6) is 0 Å². The van der Waals surface area contributed by atoms with Gasteiger partial charge in [-0.3, -0.25) is 4.90 Å². The van der Waals surface area contributed by atoms with Gasteiger partial charge < -0.3 is 14.7 Å². The monoisotopic (exact) mass is 517 g/mol. The molecule has 3 heterocycles. The van der Waals surface area contributed by atoms with Gasteiger partial charge >= 0.3 is 12.1 Å². The molecule has 1 aromatic carbocycles. The van der Waals surface area contributed by atoms with Gasteiger partial charge in [-0.2, -0.15) is 13.2 Å². The maximum Gasteiger partial charge on any atom is 0.490 e. The standard InChI is InChI=1S/C22H27ClFN3O.C2HF3O2/c1-16-14-27(21(15-28-16)12-17-2-4-18(23)5-3-17)20-8-10-26(11-9-20)22-7-6-19(24)13-25-22;3-2(4,5)1(6)7/h2-7,13,16,20-21H,8-12,14-15H2,1H3;(H,6,7)/t16-,21-;/m0./s1. The van der Waals surface area contributed by atoms with Gasteiger partial charge in [0.05, 0.1) is 18.9 Å². The van der Waals surface area contributed by atoms with E-state index in [-0.39, 0.29) is 11.9 Å². The number of ether oxygens (including phenoxy) is 1. The topological polar surface area (TPSA) is 65.9 Å². The fraction of sp³-hybridized carbons (Fsp3) is 0.500. The molecule has 1 aromatic heterocycles. The third-order valence-electron chi connectivity index (χ3n) is 6.11. The number of benzene rings is 1. The molecule has 1 N–H and O–H groups in total. The number of hydrogen-bond acceptors (Lipinski definition) is 5. The number of hydrogen-bond donors (Lipinski definition) is 1. The second-order valence-corrected chi connectivity index (χ2v) is 9.12. The van der Waals surface area contributed by atoms with Gasteiger partial charge in [0.1, 0.15) is 11.6 Å². The van der Waals surface area contributed by atoms with Crippen LogP contribution in [0.4, 0.5) is 23.4 Å². The summed E-state index contributed by atoms with van der Waals surface area (Å²) in [6.07, 6.45) is -0.374. The number of nitrogens with zero attached hydrogens (tertiary/aromatic N) is 3. The van der Waals surface area contributed by atoms with Crippen molar-refractivity contribution in [3.63, 3.8) is 0 Å². The van der Waals surface area contributed by atoms with E-state index in [1.807, 2.05) is 12.1 Å². The highest BCUT2D eigenvalue weighted by Crippen LogP contribution is 2.27. The number of piperidine rings is 1. The first-order valence-corrected chi connectivity index (χ1v) is 11.7. The highest BCUT2D eigenvalue weighted by Gasteiger charge is 2.38. The van der Waals surface area contributed by atoms with Gasteiger partial charge in [-0.15, -0.1) is 0 Å². The smallest absolute Gasteiger partial charge is 0.475 e. The van der Waals surface area contributed by atoms with Gasteiger partial charge in [-0.05, 0) is 56.0 Å². The van der Waals surface area contributed by atoms with Crippen LogP contribution in [0.1, 0.15) is 25.3 Å². The molecular formula is C24H28ClF4N3O3. The normalized spacial score (nSPS) is 21.8. The van der Waals surface area contributed by atoms with E-state index in [0.717, 1.165) is 56.3 Å². The molecule has 0 spiro atoms. The number of halogens is 5. The van der Waals surface area contributed by atoms with E-state index in [4.69, 9.17) is 26.2 Å².